The Labute approximate surface area is 131 Å². The zero-order chi connectivity index (χ0) is 15.7. The molecule has 3 rings (SSSR count). The van der Waals surface area contributed by atoms with Gasteiger partial charge in [-0.1, -0.05) is 18.5 Å². The minimum absolute atomic E-state index is 0.0201. The Hall–Kier alpha value is -2.46. The summed E-state index contributed by atoms with van der Waals surface area (Å²) < 4.78 is 10.8. The molecular formula is C17H13ClO4. The fourth-order valence-electron chi connectivity index (χ4n) is 2.26. The normalized spacial score (nSPS) is 10.8. The third kappa shape index (κ3) is 2.78. The fraction of sp³-hybridized carbons (Fsp3) is 0.118. The van der Waals surface area contributed by atoms with Crippen LogP contribution in [0.1, 0.15) is 12.5 Å². The number of fused-ring (bicyclic) bond motifs is 1. The molecule has 0 bridgehead atoms. The molecule has 4 nitrogen and oxygen atoms in total. The quantitative estimate of drug-likeness (QED) is 0.722. The first-order valence-electron chi connectivity index (χ1n) is 6.80. The Morgan fingerprint density at radius 1 is 1.18 bits per heavy atom. The predicted octanol–water partition coefficient (Wildman–Crippen LogP) is 4.51. The SMILES string of the molecule is CCc1cc(=O)oc2cc(Oc3cc(Cl)ccc3O)ccc12. The third-order valence-electron chi connectivity index (χ3n) is 3.33. The first-order chi connectivity index (χ1) is 10.6. The molecular weight excluding hydrogens is 304 g/mol. The summed E-state index contributed by atoms with van der Waals surface area (Å²) in [5, 5.41) is 11.1. The highest BCUT2D eigenvalue weighted by molar-refractivity contribution is 6.30. The second kappa shape index (κ2) is 5.73. The second-order valence-corrected chi connectivity index (χ2v) is 5.25. The minimum atomic E-state index is -0.396. The minimum Gasteiger partial charge on any atom is -0.504 e. The Morgan fingerprint density at radius 2 is 2.00 bits per heavy atom. The number of phenolic OH excluding ortho intramolecular Hbond substituents is 1. The first kappa shape index (κ1) is 14.5. The molecule has 22 heavy (non-hydrogen) atoms. The summed E-state index contributed by atoms with van der Waals surface area (Å²) in [6, 6.07) is 11.2. The van der Waals surface area contributed by atoms with E-state index >= 15 is 0 Å². The average molecular weight is 317 g/mol. The number of phenols is 1. The van der Waals surface area contributed by atoms with Crippen LogP contribution in [0.5, 0.6) is 17.2 Å². The molecule has 0 aliphatic carbocycles. The molecule has 1 N–H and O–H groups in total. The smallest absolute Gasteiger partial charge is 0.336 e. The fourth-order valence-corrected chi connectivity index (χ4v) is 2.43. The van der Waals surface area contributed by atoms with E-state index in [-0.39, 0.29) is 11.5 Å². The summed E-state index contributed by atoms with van der Waals surface area (Å²) in [5.74, 6) is 0.663. The molecule has 112 valence electrons. The van der Waals surface area contributed by atoms with Gasteiger partial charge in [0, 0.05) is 28.6 Å². The van der Waals surface area contributed by atoms with Crippen LogP contribution < -0.4 is 10.4 Å². The van der Waals surface area contributed by atoms with Gasteiger partial charge in [0.1, 0.15) is 11.3 Å². The molecule has 0 radical (unpaired) electrons. The van der Waals surface area contributed by atoms with Crippen molar-refractivity contribution in [3.63, 3.8) is 0 Å². The average Bonchev–Trinajstić information content (AvgIpc) is 2.49. The van der Waals surface area contributed by atoms with Crippen molar-refractivity contribution < 1.29 is 14.3 Å². The Bertz CT molecular complexity index is 899. The van der Waals surface area contributed by atoms with Gasteiger partial charge >= 0.3 is 5.63 Å². The van der Waals surface area contributed by atoms with Gasteiger partial charge in [0.2, 0.25) is 0 Å². The number of hydrogen-bond donors (Lipinski definition) is 1. The van der Waals surface area contributed by atoms with Crippen LogP contribution in [-0.2, 0) is 6.42 Å². The van der Waals surface area contributed by atoms with Crippen molar-refractivity contribution >= 4 is 22.6 Å². The van der Waals surface area contributed by atoms with Gasteiger partial charge in [-0.25, -0.2) is 4.79 Å². The molecule has 0 amide bonds. The Balaban J connectivity index is 2.05. The van der Waals surface area contributed by atoms with Crippen LogP contribution in [0.25, 0.3) is 11.0 Å². The summed E-state index contributed by atoms with van der Waals surface area (Å²) in [5.41, 5.74) is 0.971. The molecule has 0 atom stereocenters. The van der Waals surface area contributed by atoms with E-state index in [9.17, 15) is 9.90 Å². The molecule has 0 fully saturated rings. The monoisotopic (exact) mass is 316 g/mol. The van der Waals surface area contributed by atoms with E-state index in [0.717, 1.165) is 17.4 Å². The van der Waals surface area contributed by atoms with Gasteiger partial charge in [0.15, 0.2) is 11.5 Å². The van der Waals surface area contributed by atoms with Crippen LogP contribution in [0, 0.1) is 0 Å². The van der Waals surface area contributed by atoms with Gasteiger partial charge in [0.25, 0.3) is 0 Å². The molecule has 1 heterocycles. The van der Waals surface area contributed by atoms with Crippen molar-refractivity contribution in [2.45, 2.75) is 13.3 Å². The molecule has 0 unspecified atom stereocenters. The molecule has 0 saturated heterocycles. The van der Waals surface area contributed by atoms with E-state index < -0.39 is 5.63 Å². The van der Waals surface area contributed by atoms with Crippen molar-refractivity contribution in [1.82, 2.24) is 0 Å². The lowest BCUT2D eigenvalue weighted by molar-refractivity contribution is 0.411. The standard InChI is InChI=1S/C17H13ClO4/c1-2-10-7-17(20)22-15-9-12(4-5-13(10)15)21-16-8-11(18)3-6-14(16)19/h3-9,19H,2H2,1H3. The van der Waals surface area contributed by atoms with E-state index in [1.165, 1.54) is 18.2 Å². The van der Waals surface area contributed by atoms with Crippen LogP contribution in [0.15, 0.2) is 51.7 Å². The van der Waals surface area contributed by atoms with Crippen molar-refractivity contribution in [3.05, 3.63) is 63.5 Å². The Kier molecular flexibility index (Phi) is 3.77. The Morgan fingerprint density at radius 3 is 2.77 bits per heavy atom. The van der Waals surface area contributed by atoms with Gasteiger partial charge in [-0.3, -0.25) is 0 Å². The lowest BCUT2D eigenvalue weighted by Gasteiger charge is -2.09. The van der Waals surface area contributed by atoms with Crippen molar-refractivity contribution in [1.29, 1.82) is 0 Å². The highest BCUT2D eigenvalue weighted by Crippen LogP contribution is 2.34. The van der Waals surface area contributed by atoms with Gasteiger partial charge in [-0.15, -0.1) is 0 Å². The molecule has 1 aromatic heterocycles. The molecule has 0 spiro atoms. The van der Waals surface area contributed by atoms with Gasteiger partial charge in [-0.2, -0.15) is 0 Å². The van der Waals surface area contributed by atoms with Crippen LogP contribution in [-0.4, -0.2) is 5.11 Å². The zero-order valence-electron chi connectivity index (χ0n) is 11.8. The lowest BCUT2D eigenvalue weighted by Crippen LogP contribution is -1.99. The van der Waals surface area contributed by atoms with Crippen molar-refractivity contribution in [2.75, 3.05) is 0 Å². The zero-order valence-corrected chi connectivity index (χ0v) is 12.6. The van der Waals surface area contributed by atoms with Crippen molar-refractivity contribution in [3.8, 4) is 17.2 Å². The largest absolute Gasteiger partial charge is 0.504 e. The van der Waals surface area contributed by atoms with Crippen molar-refractivity contribution in [2.24, 2.45) is 0 Å². The van der Waals surface area contributed by atoms with Gasteiger partial charge in [-0.05, 0) is 36.2 Å². The number of halogens is 1. The summed E-state index contributed by atoms with van der Waals surface area (Å²) >= 11 is 5.89. The number of hydrogen-bond acceptors (Lipinski definition) is 4. The van der Waals surface area contributed by atoms with E-state index in [4.69, 9.17) is 20.8 Å². The number of aromatic hydroxyl groups is 1. The van der Waals surface area contributed by atoms with Gasteiger partial charge in [0.05, 0.1) is 0 Å². The maximum absolute atomic E-state index is 11.6. The molecule has 5 heteroatoms. The number of aryl methyl sites for hydroxylation is 1. The summed E-state index contributed by atoms with van der Waals surface area (Å²) in [7, 11) is 0. The summed E-state index contributed by atoms with van der Waals surface area (Å²) in [6.07, 6.45) is 0.734. The van der Waals surface area contributed by atoms with Crippen LogP contribution in [0.3, 0.4) is 0 Å². The topological polar surface area (TPSA) is 59.7 Å². The maximum Gasteiger partial charge on any atom is 0.336 e. The summed E-state index contributed by atoms with van der Waals surface area (Å²) in [4.78, 5) is 11.6. The maximum atomic E-state index is 11.6. The lowest BCUT2D eigenvalue weighted by atomic mass is 10.1. The van der Waals surface area contributed by atoms with E-state index in [1.807, 2.05) is 13.0 Å². The van der Waals surface area contributed by atoms with Crippen LogP contribution in [0.4, 0.5) is 0 Å². The van der Waals surface area contributed by atoms with E-state index in [1.54, 1.807) is 18.2 Å². The molecule has 0 aliphatic rings. The molecule has 3 aromatic rings. The third-order valence-corrected chi connectivity index (χ3v) is 3.57. The van der Waals surface area contributed by atoms with E-state index in [0.29, 0.717) is 16.4 Å². The second-order valence-electron chi connectivity index (χ2n) is 4.82. The number of benzene rings is 2. The molecule has 0 saturated carbocycles. The van der Waals surface area contributed by atoms with Crippen LogP contribution in [0.2, 0.25) is 5.02 Å². The first-order valence-corrected chi connectivity index (χ1v) is 7.18. The highest BCUT2D eigenvalue weighted by Gasteiger charge is 2.09. The number of ether oxygens (including phenoxy) is 1. The van der Waals surface area contributed by atoms with Crippen LogP contribution >= 0.6 is 11.6 Å². The van der Waals surface area contributed by atoms with E-state index in [2.05, 4.69) is 0 Å². The van der Waals surface area contributed by atoms with Gasteiger partial charge < -0.3 is 14.3 Å². The molecule has 0 aliphatic heterocycles. The highest BCUT2D eigenvalue weighted by atomic mass is 35.5. The summed E-state index contributed by atoms with van der Waals surface area (Å²) in [6.45, 7) is 1.97. The molecule has 2 aromatic carbocycles. The predicted molar refractivity (Wildman–Crippen MR) is 85.1 cm³/mol. The number of rotatable bonds is 3.